The second-order valence-electron chi connectivity index (χ2n) is 5.87. The largest absolute Gasteiger partial charge is 0.323 e. The van der Waals surface area contributed by atoms with Crippen LogP contribution in [0.15, 0.2) is 0 Å². The average molecular weight is 238 g/mol. The smallest absolute Gasteiger partial charge is 0.244 e. The minimum absolute atomic E-state index is 0.151. The molecule has 2 aliphatic rings. The van der Waals surface area contributed by atoms with Gasteiger partial charge in [0.05, 0.1) is 11.7 Å². The minimum Gasteiger partial charge on any atom is -0.323 e. The van der Waals surface area contributed by atoms with Gasteiger partial charge < -0.3 is 4.90 Å². The molecule has 17 heavy (non-hydrogen) atoms. The van der Waals surface area contributed by atoms with E-state index >= 15 is 0 Å². The first-order valence-electron chi connectivity index (χ1n) is 7.16. The molecule has 2 rings (SSSR count). The molecule has 3 heteroatoms. The number of nitrogens with zero attached hydrogens (tertiary/aromatic N) is 1. The lowest BCUT2D eigenvalue weighted by molar-refractivity contribution is -0.133. The molecule has 1 heterocycles. The van der Waals surface area contributed by atoms with Gasteiger partial charge in [0.15, 0.2) is 0 Å². The number of hydrogen-bond acceptors (Lipinski definition) is 2. The zero-order valence-corrected chi connectivity index (χ0v) is 11.6. The van der Waals surface area contributed by atoms with Crippen molar-refractivity contribution in [2.45, 2.75) is 77.5 Å². The highest BCUT2D eigenvalue weighted by Crippen LogP contribution is 2.44. The lowest BCUT2D eigenvalue weighted by Gasteiger charge is -2.33. The second-order valence-corrected chi connectivity index (χ2v) is 5.87. The Morgan fingerprint density at radius 1 is 1.41 bits per heavy atom. The van der Waals surface area contributed by atoms with Crippen LogP contribution >= 0.6 is 0 Å². The number of carbonyl (C=O) groups is 1. The fourth-order valence-electron chi connectivity index (χ4n) is 2.89. The molecule has 98 valence electrons. The first-order chi connectivity index (χ1) is 8.05. The maximum absolute atomic E-state index is 12.5. The first kappa shape index (κ1) is 12.9. The van der Waals surface area contributed by atoms with Crippen LogP contribution in [-0.4, -0.2) is 28.6 Å². The molecule has 1 saturated carbocycles. The van der Waals surface area contributed by atoms with E-state index in [9.17, 15) is 4.79 Å². The molecule has 0 bridgehead atoms. The summed E-state index contributed by atoms with van der Waals surface area (Å²) in [5, 5.41) is 3.58. The van der Waals surface area contributed by atoms with Crippen molar-refractivity contribution in [3.05, 3.63) is 0 Å². The highest BCUT2D eigenvalue weighted by Gasteiger charge is 2.59. The Hall–Kier alpha value is -0.570. The van der Waals surface area contributed by atoms with Crippen molar-refractivity contribution in [1.82, 2.24) is 10.2 Å². The Bertz CT molecular complexity index is 299. The molecule has 0 aromatic heterocycles. The van der Waals surface area contributed by atoms with Crippen molar-refractivity contribution in [2.24, 2.45) is 5.92 Å². The monoisotopic (exact) mass is 238 g/mol. The first-order valence-corrected chi connectivity index (χ1v) is 7.16. The van der Waals surface area contributed by atoms with Crippen molar-refractivity contribution in [1.29, 1.82) is 0 Å². The second kappa shape index (κ2) is 4.60. The summed E-state index contributed by atoms with van der Waals surface area (Å²) in [5.74, 6) is 0.942. The van der Waals surface area contributed by atoms with Gasteiger partial charge in [0.25, 0.3) is 0 Å². The van der Waals surface area contributed by atoms with Crippen LogP contribution in [0.4, 0.5) is 0 Å². The van der Waals surface area contributed by atoms with Gasteiger partial charge in [-0.05, 0) is 32.1 Å². The topological polar surface area (TPSA) is 32.3 Å². The Morgan fingerprint density at radius 3 is 2.53 bits per heavy atom. The van der Waals surface area contributed by atoms with E-state index in [4.69, 9.17) is 0 Å². The van der Waals surface area contributed by atoms with E-state index in [0.717, 1.165) is 32.1 Å². The molecule has 3 unspecified atom stereocenters. The summed E-state index contributed by atoms with van der Waals surface area (Å²) in [7, 11) is 0. The Balaban J connectivity index is 2.13. The number of nitrogens with one attached hydrogen (secondary N) is 1. The molecule has 3 nitrogen and oxygen atoms in total. The van der Waals surface area contributed by atoms with Crippen LogP contribution in [0.1, 0.15) is 59.8 Å². The lowest BCUT2D eigenvalue weighted by Crippen LogP contribution is -2.46. The molecule has 1 N–H and O–H groups in total. The number of hydrogen-bond donors (Lipinski definition) is 1. The van der Waals surface area contributed by atoms with Crippen LogP contribution in [0.2, 0.25) is 0 Å². The molecule has 0 aromatic rings. The minimum atomic E-state index is -0.151. The van der Waals surface area contributed by atoms with E-state index in [1.54, 1.807) is 0 Å². The van der Waals surface area contributed by atoms with Gasteiger partial charge in [-0.2, -0.15) is 0 Å². The number of amides is 1. The molecule has 1 amide bonds. The van der Waals surface area contributed by atoms with Gasteiger partial charge >= 0.3 is 0 Å². The standard InChI is InChI=1S/C14H26N2O/c1-5-7-12-15-14(8-9-14)13(17)16(12)11(4)10(3)6-2/h10-12,15H,5-9H2,1-4H3. The van der Waals surface area contributed by atoms with E-state index in [1.165, 1.54) is 0 Å². The van der Waals surface area contributed by atoms with Gasteiger partial charge in [-0.15, -0.1) is 0 Å². The summed E-state index contributed by atoms with van der Waals surface area (Å²) in [5.41, 5.74) is -0.151. The Labute approximate surface area is 105 Å². The van der Waals surface area contributed by atoms with E-state index in [2.05, 4.69) is 37.9 Å². The predicted octanol–water partition coefficient (Wildman–Crippen LogP) is 2.51. The van der Waals surface area contributed by atoms with Crippen molar-refractivity contribution >= 4 is 5.91 Å². The van der Waals surface area contributed by atoms with Gasteiger partial charge in [-0.3, -0.25) is 10.1 Å². The summed E-state index contributed by atoms with van der Waals surface area (Å²) in [6, 6.07) is 0.358. The fourth-order valence-corrected chi connectivity index (χ4v) is 2.89. The molecule has 1 aliphatic heterocycles. The van der Waals surface area contributed by atoms with Gasteiger partial charge in [0.1, 0.15) is 0 Å². The number of carbonyl (C=O) groups excluding carboxylic acids is 1. The van der Waals surface area contributed by atoms with E-state index < -0.39 is 0 Å². The van der Waals surface area contributed by atoms with Gasteiger partial charge in [0.2, 0.25) is 5.91 Å². The van der Waals surface area contributed by atoms with E-state index in [0.29, 0.717) is 17.9 Å². The van der Waals surface area contributed by atoms with Crippen molar-refractivity contribution in [2.75, 3.05) is 0 Å². The normalized spacial score (nSPS) is 29.8. The molecular weight excluding hydrogens is 212 g/mol. The van der Waals surface area contributed by atoms with Crippen LogP contribution in [-0.2, 0) is 4.79 Å². The van der Waals surface area contributed by atoms with Crippen molar-refractivity contribution in [3.8, 4) is 0 Å². The Morgan fingerprint density at radius 2 is 2.06 bits per heavy atom. The zero-order chi connectivity index (χ0) is 12.6. The van der Waals surface area contributed by atoms with Crippen LogP contribution in [0.5, 0.6) is 0 Å². The average Bonchev–Trinajstić information content (AvgIpc) is 3.03. The molecule has 2 fully saturated rings. The predicted molar refractivity (Wildman–Crippen MR) is 69.6 cm³/mol. The molecule has 1 aliphatic carbocycles. The molecular formula is C14H26N2O. The van der Waals surface area contributed by atoms with Gasteiger partial charge in [-0.1, -0.05) is 33.6 Å². The molecule has 3 atom stereocenters. The third kappa shape index (κ3) is 2.10. The maximum Gasteiger partial charge on any atom is 0.244 e. The van der Waals surface area contributed by atoms with E-state index in [-0.39, 0.29) is 11.7 Å². The highest BCUT2D eigenvalue weighted by molar-refractivity contribution is 5.92. The molecule has 0 aromatic carbocycles. The number of rotatable bonds is 5. The van der Waals surface area contributed by atoms with Gasteiger partial charge in [0, 0.05) is 6.04 Å². The summed E-state index contributed by atoms with van der Waals surface area (Å²) in [6.07, 6.45) is 5.69. The van der Waals surface area contributed by atoms with Crippen LogP contribution in [0, 0.1) is 5.92 Å². The summed E-state index contributed by atoms with van der Waals surface area (Å²) >= 11 is 0. The van der Waals surface area contributed by atoms with Crippen LogP contribution < -0.4 is 5.32 Å². The van der Waals surface area contributed by atoms with Crippen molar-refractivity contribution in [3.63, 3.8) is 0 Å². The summed E-state index contributed by atoms with van der Waals surface area (Å²) in [4.78, 5) is 14.6. The summed E-state index contributed by atoms with van der Waals surface area (Å²) in [6.45, 7) is 8.85. The third-order valence-corrected chi connectivity index (χ3v) is 4.64. The van der Waals surface area contributed by atoms with Crippen LogP contribution in [0.25, 0.3) is 0 Å². The quantitative estimate of drug-likeness (QED) is 0.798. The fraction of sp³-hybridized carbons (Fsp3) is 0.929. The Kier molecular flexibility index (Phi) is 3.48. The zero-order valence-electron chi connectivity index (χ0n) is 11.6. The molecule has 1 saturated heterocycles. The highest BCUT2D eigenvalue weighted by atomic mass is 16.2. The molecule has 1 spiro atoms. The maximum atomic E-state index is 12.5. The molecule has 0 radical (unpaired) electrons. The summed E-state index contributed by atoms with van der Waals surface area (Å²) < 4.78 is 0. The van der Waals surface area contributed by atoms with Crippen LogP contribution in [0.3, 0.4) is 0 Å². The van der Waals surface area contributed by atoms with Crippen molar-refractivity contribution < 1.29 is 4.79 Å². The van der Waals surface area contributed by atoms with Gasteiger partial charge in [-0.25, -0.2) is 0 Å². The lowest BCUT2D eigenvalue weighted by atomic mass is 9.98. The SMILES string of the molecule is CCCC1NC2(CC2)C(=O)N1C(C)C(C)CC. The van der Waals surface area contributed by atoms with E-state index in [1.807, 2.05) is 0 Å². The third-order valence-electron chi connectivity index (χ3n) is 4.64.